The minimum Gasteiger partial charge on any atom is -0.480 e. The van der Waals surface area contributed by atoms with Crippen molar-refractivity contribution in [2.45, 2.75) is 39.2 Å². The second-order valence-electron chi connectivity index (χ2n) is 7.81. The van der Waals surface area contributed by atoms with Crippen LogP contribution in [0.4, 0.5) is 4.79 Å². The first kappa shape index (κ1) is 21.4. The number of amides is 2. The van der Waals surface area contributed by atoms with Gasteiger partial charge in [-0.3, -0.25) is 4.79 Å². The third-order valence-electron chi connectivity index (χ3n) is 5.15. The number of benzene rings is 2. The van der Waals surface area contributed by atoms with Crippen molar-refractivity contribution >= 4 is 18.0 Å². The minimum atomic E-state index is -1.22. The highest BCUT2D eigenvalue weighted by Gasteiger charge is 2.31. The molecule has 0 spiro atoms. The zero-order valence-corrected chi connectivity index (χ0v) is 17.3. The van der Waals surface area contributed by atoms with Gasteiger partial charge in [0.05, 0.1) is 0 Å². The second-order valence-corrected chi connectivity index (χ2v) is 7.81. The Kier molecular flexibility index (Phi) is 6.40. The molecule has 2 aromatic rings. The van der Waals surface area contributed by atoms with Crippen LogP contribution >= 0.6 is 0 Å². The summed E-state index contributed by atoms with van der Waals surface area (Å²) in [5.41, 5.74) is 6.67. The lowest BCUT2D eigenvalue weighted by Crippen LogP contribution is -2.54. The molecule has 0 aromatic heterocycles. The topological polar surface area (TPSA) is 95.9 Å². The van der Waals surface area contributed by atoms with Gasteiger partial charge in [0.2, 0.25) is 5.91 Å². The van der Waals surface area contributed by atoms with Gasteiger partial charge in [-0.15, -0.1) is 0 Å². The number of rotatable bonds is 6. The van der Waals surface area contributed by atoms with Gasteiger partial charge in [-0.05, 0) is 35.1 Å². The van der Waals surface area contributed by atoms with Gasteiger partial charge in [0, 0.05) is 12.3 Å². The molecule has 3 rings (SSSR count). The molecule has 0 heterocycles. The lowest BCUT2D eigenvalue weighted by molar-refractivity contribution is -0.152. The van der Waals surface area contributed by atoms with E-state index in [-0.39, 0.29) is 24.9 Å². The highest BCUT2D eigenvalue weighted by molar-refractivity contribution is 5.85. The summed E-state index contributed by atoms with van der Waals surface area (Å²) in [6, 6.07) is 14.7. The number of hydrazine groups is 1. The zero-order chi connectivity index (χ0) is 21.8. The Bertz CT molecular complexity index is 911. The quantitative estimate of drug-likeness (QED) is 0.707. The van der Waals surface area contributed by atoms with E-state index >= 15 is 0 Å². The van der Waals surface area contributed by atoms with Crippen molar-refractivity contribution in [3.63, 3.8) is 0 Å². The van der Waals surface area contributed by atoms with E-state index in [4.69, 9.17) is 4.74 Å². The van der Waals surface area contributed by atoms with Crippen molar-refractivity contribution in [2.24, 2.45) is 5.92 Å². The molecule has 0 bridgehead atoms. The molecule has 0 saturated heterocycles. The Morgan fingerprint density at radius 3 is 2.03 bits per heavy atom. The second kappa shape index (κ2) is 8.98. The lowest BCUT2D eigenvalue weighted by Gasteiger charge is -2.27. The highest BCUT2D eigenvalue weighted by Crippen LogP contribution is 2.44. The van der Waals surface area contributed by atoms with Crippen molar-refractivity contribution in [2.75, 3.05) is 6.61 Å². The molecule has 0 saturated carbocycles. The van der Waals surface area contributed by atoms with Crippen LogP contribution in [0.1, 0.15) is 44.2 Å². The summed E-state index contributed by atoms with van der Waals surface area (Å²) in [7, 11) is 0. The van der Waals surface area contributed by atoms with Crippen molar-refractivity contribution in [3.05, 3.63) is 59.7 Å². The zero-order valence-electron chi connectivity index (χ0n) is 17.3. The monoisotopic (exact) mass is 410 g/mol. The van der Waals surface area contributed by atoms with Crippen LogP contribution in [0.15, 0.2) is 48.5 Å². The van der Waals surface area contributed by atoms with E-state index < -0.39 is 24.0 Å². The maximum Gasteiger partial charge on any atom is 0.426 e. The summed E-state index contributed by atoms with van der Waals surface area (Å²) >= 11 is 0. The molecule has 158 valence electrons. The van der Waals surface area contributed by atoms with Gasteiger partial charge in [-0.25, -0.2) is 20.0 Å². The van der Waals surface area contributed by atoms with Gasteiger partial charge in [0.1, 0.15) is 12.6 Å². The van der Waals surface area contributed by atoms with Crippen LogP contribution in [0.5, 0.6) is 0 Å². The standard InChI is InChI=1S/C23H26N2O5/c1-14(2)12-21(26)25(15(3)22(27)28)24-23(29)30-13-20-18-10-6-4-8-16(18)17-9-5-7-11-19(17)20/h4-11,14-15,20H,12-13H2,1-3H3,(H,24,29)(H,27,28). The molecular weight excluding hydrogens is 384 g/mol. The van der Waals surface area contributed by atoms with Crippen LogP contribution in [-0.4, -0.2) is 40.7 Å². The summed E-state index contributed by atoms with van der Waals surface area (Å²) in [6.45, 7) is 5.10. The average molecular weight is 410 g/mol. The molecule has 1 aliphatic rings. The molecule has 0 aliphatic heterocycles. The van der Waals surface area contributed by atoms with Crippen LogP contribution < -0.4 is 5.43 Å². The van der Waals surface area contributed by atoms with E-state index in [2.05, 4.69) is 5.43 Å². The third kappa shape index (κ3) is 4.45. The number of nitrogens with zero attached hydrogens (tertiary/aromatic N) is 1. The van der Waals surface area contributed by atoms with Crippen LogP contribution in [0.3, 0.4) is 0 Å². The van der Waals surface area contributed by atoms with Crippen molar-refractivity contribution in [1.29, 1.82) is 0 Å². The molecule has 1 aliphatic carbocycles. The molecule has 30 heavy (non-hydrogen) atoms. The SMILES string of the molecule is CC(C)CC(=O)N(NC(=O)OCC1c2ccccc2-c2ccccc21)C(C)C(=O)O. The molecule has 1 unspecified atom stereocenters. The predicted octanol–water partition coefficient (Wildman–Crippen LogP) is 3.79. The van der Waals surface area contributed by atoms with E-state index in [1.807, 2.05) is 62.4 Å². The van der Waals surface area contributed by atoms with Gasteiger partial charge >= 0.3 is 12.1 Å². The molecule has 7 nitrogen and oxygen atoms in total. The summed E-state index contributed by atoms with van der Waals surface area (Å²) in [6.07, 6.45) is -0.747. The molecule has 2 amide bonds. The Labute approximate surface area is 175 Å². The van der Waals surface area contributed by atoms with Gasteiger partial charge in [-0.2, -0.15) is 0 Å². The maximum absolute atomic E-state index is 12.4. The fourth-order valence-electron chi connectivity index (χ4n) is 3.66. The first-order valence-corrected chi connectivity index (χ1v) is 9.96. The predicted molar refractivity (Wildman–Crippen MR) is 112 cm³/mol. The first-order chi connectivity index (χ1) is 14.3. The number of aliphatic carboxylic acids is 1. The van der Waals surface area contributed by atoms with E-state index in [0.29, 0.717) is 0 Å². The number of carboxylic acids is 1. The summed E-state index contributed by atoms with van der Waals surface area (Å²) < 4.78 is 5.42. The number of hydrogen-bond donors (Lipinski definition) is 2. The number of fused-ring (bicyclic) bond motifs is 3. The van der Waals surface area contributed by atoms with E-state index in [0.717, 1.165) is 27.3 Å². The number of carboxylic acid groups (broad SMARTS) is 1. The largest absolute Gasteiger partial charge is 0.480 e. The van der Waals surface area contributed by atoms with Crippen molar-refractivity contribution in [1.82, 2.24) is 10.4 Å². The lowest BCUT2D eigenvalue weighted by atomic mass is 9.98. The molecule has 1 atom stereocenters. The highest BCUT2D eigenvalue weighted by atomic mass is 16.6. The fourth-order valence-corrected chi connectivity index (χ4v) is 3.66. The summed E-state index contributed by atoms with van der Waals surface area (Å²) in [4.78, 5) is 36.2. The van der Waals surface area contributed by atoms with Crippen molar-refractivity contribution in [3.8, 4) is 11.1 Å². The fraction of sp³-hybridized carbons (Fsp3) is 0.348. The average Bonchev–Trinajstić information content (AvgIpc) is 3.03. The summed E-state index contributed by atoms with van der Waals surface area (Å²) in [5.74, 6) is -1.80. The number of carbonyl (C=O) groups is 3. The Morgan fingerprint density at radius 1 is 1.00 bits per heavy atom. The molecule has 0 radical (unpaired) electrons. The molecular formula is C23H26N2O5. The number of nitrogens with one attached hydrogen (secondary N) is 1. The number of carbonyl (C=O) groups excluding carboxylic acids is 2. The normalized spacial score (nSPS) is 13.3. The van der Waals surface area contributed by atoms with Crippen molar-refractivity contribution < 1.29 is 24.2 Å². The molecule has 2 N–H and O–H groups in total. The van der Waals surface area contributed by atoms with E-state index in [9.17, 15) is 19.5 Å². The molecule has 0 fully saturated rings. The van der Waals surface area contributed by atoms with Gasteiger partial charge in [0.25, 0.3) is 0 Å². The van der Waals surface area contributed by atoms with Gasteiger partial charge < -0.3 is 9.84 Å². The Hall–Kier alpha value is -3.35. The molecule has 7 heteroatoms. The first-order valence-electron chi connectivity index (χ1n) is 9.96. The summed E-state index contributed by atoms with van der Waals surface area (Å²) in [5, 5.41) is 10.1. The Balaban J connectivity index is 1.71. The van der Waals surface area contributed by atoms with Crippen LogP contribution in [0.2, 0.25) is 0 Å². The number of hydrogen-bond acceptors (Lipinski definition) is 4. The van der Waals surface area contributed by atoms with Gasteiger partial charge in [0.15, 0.2) is 0 Å². The number of ether oxygens (including phenoxy) is 1. The van der Waals surface area contributed by atoms with Gasteiger partial charge in [-0.1, -0.05) is 62.4 Å². The Morgan fingerprint density at radius 2 is 1.53 bits per heavy atom. The molecule has 2 aromatic carbocycles. The van der Waals surface area contributed by atoms with Crippen LogP contribution in [0.25, 0.3) is 11.1 Å². The van der Waals surface area contributed by atoms with Crippen LogP contribution in [-0.2, 0) is 14.3 Å². The third-order valence-corrected chi connectivity index (χ3v) is 5.15. The minimum absolute atomic E-state index is 0.0188. The maximum atomic E-state index is 12.4. The van der Waals surface area contributed by atoms with Crippen LogP contribution in [0, 0.1) is 5.92 Å². The smallest absolute Gasteiger partial charge is 0.426 e. The van der Waals surface area contributed by atoms with E-state index in [1.165, 1.54) is 6.92 Å². The van der Waals surface area contributed by atoms with E-state index in [1.54, 1.807) is 0 Å².